The second-order valence-electron chi connectivity index (χ2n) is 6.68. The van der Waals surface area contributed by atoms with Gasteiger partial charge < -0.3 is 10.2 Å². The van der Waals surface area contributed by atoms with Crippen LogP contribution in [-0.4, -0.2) is 46.5 Å². The number of nitrogens with one attached hydrogen (secondary N) is 1. The topological polar surface area (TPSA) is 67.2 Å². The molecule has 134 valence electrons. The lowest BCUT2D eigenvalue weighted by Crippen LogP contribution is -2.38. The van der Waals surface area contributed by atoms with E-state index in [0.717, 1.165) is 25.2 Å². The molecule has 0 saturated carbocycles. The van der Waals surface area contributed by atoms with E-state index in [2.05, 4.69) is 15.2 Å². The average molecular weight is 342 g/mol. The number of hydrogen-bond acceptors (Lipinski definition) is 4. The molecule has 1 aliphatic heterocycles. The highest BCUT2D eigenvalue weighted by Gasteiger charge is 2.12. The Kier molecular flexibility index (Phi) is 5.81. The van der Waals surface area contributed by atoms with Crippen molar-refractivity contribution in [2.45, 2.75) is 39.2 Å². The maximum Gasteiger partial charge on any atom is 0.272 e. The van der Waals surface area contributed by atoms with Crippen LogP contribution in [0.15, 0.2) is 29.1 Å². The quantitative estimate of drug-likeness (QED) is 0.898. The van der Waals surface area contributed by atoms with Crippen molar-refractivity contribution >= 4 is 16.9 Å². The van der Waals surface area contributed by atoms with Gasteiger partial charge >= 0.3 is 0 Å². The molecule has 2 heterocycles. The molecule has 1 N–H and O–H groups in total. The molecule has 0 atom stereocenters. The molecule has 6 nitrogen and oxygen atoms in total. The third kappa shape index (κ3) is 4.45. The Morgan fingerprint density at radius 3 is 2.64 bits per heavy atom. The number of aromatic nitrogens is 2. The maximum atomic E-state index is 12.4. The van der Waals surface area contributed by atoms with Gasteiger partial charge in [0.15, 0.2) is 0 Å². The predicted octanol–water partition coefficient (Wildman–Crippen LogP) is 1.70. The van der Waals surface area contributed by atoms with E-state index in [1.807, 2.05) is 24.3 Å². The molecule has 2 aromatic rings. The van der Waals surface area contributed by atoms with Gasteiger partial charge in [-0.05, 0) is 45.0 Å². The Balaban J connectivity index is 1.62. The Morgan fingerprint density at radius 2 is 1.88 bits per heavy atom. The highest BCUT2D eigenvalue weighted by Crippen LogP contribution is 2.10. The third-order valence-corrected chi connectivity index (χ3v) is 4.77. The molecule has 25 heavy (non-hydrogen) atoms. The summed E-state index contributed by atoms with van der Waals surface area (Å²) in [5, 5.41) is 2.95. The molecule has 0 bridgehead atoms. The molecule has 0 aliphatic carbocycles. The van der Waals surface area contributed by atoms with Gasteiger partial charge in [0, 0.05) is 13.1 Å². The highest BCUT2D eigenvalue weighted by atomic mass is 16.2. The molecular weight excluding hydrogens is 316 g/mol. The lowest BCUT2D eigenvalue weighted by Gasteiger charge is -2.19. The van der Waals surface area contributed by atoms with Crippen molar-refractivity contribution in [1.82, 2.24) is 19.8 Å². The minimum absolute atomic E-state index is 0.0305. The van der Waals surface area contributed by atoms with Gasteiger partial charge in [-0.15, -0.1) is 0 Å². The van der Waals surface area contributed by atoms with Crippen LogP contribution in [0.3, 0.4) is 0 Å². The molecule has 1 saturated heterocycles. The normalized spacial score (nSPS) is 15.9. The summed E-state index contributed by atoms with van der Waals surface area (Å²) >= 11 is 0. The fourth-order valence-corrected chi connectivity index (χ4v) is 3.39. The molecule has 0 radical (unpaired) electrons. The van der Waals surface area contributed by atoms with Crippen LogP contribution in [0.4, 0.5) is 0 Å². The summed E-state index contributed by atoms with van der Waals surface area (Å²) < 4.78 is 1.51. The third-order valence-electron chi connectivity index (χ3n) is 4.77. The molecule has 1 fully saturated rings. The number of benzene rings is 1. The fourth-order valence-electron chi connectivity index (χ4n) is 3.39. The molecule has 1 aliphatic rings. The monoisotopic (exact) mass is 342 g/mol. The number of amides is 1. The number of rotatable bonds is 5. The Labute approximate surface area is 147 Å². The van der Waals surface area contributed by atoms with Crippen LogP contribution in [0.25, 0.3) is 11.0 Å². The van der Waals surface area contributed by atoms with Crippen LogP contribution in [0.5, 0.6) is 0 Å². The summed E-state index contributed by atoms with van der Waals surface area (Å²) in [7, 11) is 0. The first-order chi connectivity index (χ1) is 12.1. The Bertz CT molecular complexity index is 792. The molecular formula is C19H26N4O2. The van der Waals surface area contributed by atoms with Crippen LogP contribution in [0, 0.1) is 6.92 Å². The van der Waals surface area contributed by atoms with E-state index in [-0.39, 0.29) is 18.0 Å². The first-order valence-corrected chi connectivity index (χ1v) is 9.10. The van der Waals surface area contributed by atoms with Crippen LogP contribution in [0.2, 0.25) is 0 Å². The Hall–Kier alpha value is -2.21. The zero-order chi connectivity index (χ0) is 17.6. The second-order valence-corrected chi connectivity index (χ2v) is 6.68. The van der Waals surface area contributed by atoms with Crippen molar-refractivity contribution in [3.8, 4) is 0 Å². The van der Waals surface area contributed by atoms with E-state index in [9.17, 15) is 9.59 Å². The van der Waals surface area contributed by atoms with Gasteiger partial charge in [0.25, 0.3) is 5.56 Å². The van der Waals surface area contributed by atoms with Crippen molar-refractivity contribution in [2.75, 3.05) is 26.2 Å². The molecule has 0 spiro atoms. The predicted molar refractivity (Wildman–Crippen MR) is 98.7 cm³/mol. The summed E-state index contributed by atoms with van der Waals surface area (Å²) in [6.07, 6.45) is 5.09. The lowest BCUT2D eigenvalue weighted by molar-refractivity contribution is -0.121. The Morgan fingerprint density at radius 1 is 1.16 bits per heavy atom. The van der Waals surface area contributed by atoms with Crippen molar-refractivity contribution in [1.29, 1.82) is 0 Å². The summed E-state index contributed by atoms with van der Waals surface area (Å²) in [6.45, 7) is 5.44. The zero-order valence-electron chi connectivity index (χ0n) is 14.8. The van der Waals surface area contributed by atoms with Gasteiger partial charge in [-0.1, -0.05) is 25.0 Å². The minimum Gasteiger partial charge on any atom is -0.353 e. The van der Waals surface area contributed by atoms with Crippen molar-refractivity contribution in [3.63, 3.8) is 0 Å². The lowest BCUT2D eigenvalue weighted by atomic mass is 10.2. The maximum absolute atomic E-state index is 12.4. The van der Waals surface area contributed by atoms with Gasteiger partial charge in [0.05, 0.1) is 11.0 Å². The first-order valence-electron chi connectivity index (χ1n) is 9.10. The molecule has 1 aromatic carbocycles. The van der Waals surface area contributed by atoms with Crippen LogP contribution < -0.4 is 10.9 Å². The molecule has 1 amide bonds. The summed E-state index contributed by atoms with van der Waals surface area (Å²) in [4.78, 5) is 31.4. The summed E-state index contributed by atoms with van der Waals surface area (Å²) in [5.41, 5.74) is 1.63. The van der Waals surface area contributed by atoms with E-state index < -0.39 is 0 Å². The highest BCUT2D eigenvalue weighted by molar-refractivity contribution is 5.80. The standard InChI is InChI=1S/C19H26N4O2/c1-15-19(25)23(17-9-5-4-8-16(17)21-15)14-18(24)20-10-13-22-11-6-2-3-7-12-22/h4-5,8-9H,2-3,6-7,10-14H2,1H3,(H,20,24). The van der Waals surface area contributed by atoms with E-state index in [1.165, 1.54) is 30.3 Å². The zero-order valence-corrected chi connectivity index (χ0v) is 14.8. The largest absolute Gasteiger partial charge is 0.353 e. The van der Waals surface area contributed by atoms with Crippen molar-refractivity contribution in [2.24, 2.45) is 0 Å². The van der Waals surface area contributed by atoms with Crippen LogP contribution >= 0.6 is 0 Å². The smallest absolute Gasteiger partial charge is 0.272 e. The second kappa shape index (κ2) is 8.25. The van der Waals surface area contributed by atoms with Gasteiger partial charge in [-0.3, -0.25) is 14.2 Å². The number of aryl methyl sites for hydroxylation is 1. The number of carbonyl (C=O) groups is 1. The first kappa shape index (κ1) is 17.6. The summed E-state index contributed by atoms with van der Waals surface area (Å²) in [6, 6.07) is 7.42. The number of carbonyl (C=O) groups excluding carboxylic acids is 1. The number of nitrogens with zero attached hydrogens (tertiary/aromatic N) is 3. The molecule has 6 heteroatoms. The number of para-hydroxylation sites is 2. The van der Waals surface area contributed by atoms with Gasteiger partial charge in [0.1, 0.15) is 12.2 Å². The fraction of sp³-hybridized carbons (Fsp3) is 0.526. The van der Waals surface area contributed by atoms with E-state index in [4.69, 9.17) is 0 Å². The molecule has 1 aromatic heterocycles. The van der Waals surface area contributed by atoms with E-state index >= 15 is 0 Å². The number of likely N-dealkylation sites (tertiary alicyclic amines) is 1. The SMILES string of the molecule is Cc1nc2ccccc2n(CC(=O)NCCN2CCCCCC2)c1=O. The van der Waals surface area contributed by atoms with E-state index in [0.29, 0.717) is 17.8 Å². The van der Waals surface area contributed by atoms with Crippen molar-refractivity contribution < 1.29 is 4.79 Å². The number of fused-ring (bicyclic) bond motifs is 1. The van der Waals surface area contributed by atoms with Gasteiger partial charge in [-0.2, -0.15) is 0 Å². The molecule has 3 rings (SSSR count). The van der Waals surface area contributed by atoms with Gasteiger partial charge in [-0.25, -0.2) is 4.98 Å². The van der Waals surface area contributed by atoms with Crippen LogP contribution in [-0.2, 0) is 11.3 Å². The minimum atomic E-state index is -0.207. The van der Waals surface area contributed by atoms with Crippen LogP contribution in [0.1, 0.15) is 31.4 Å². The number of hydrogen-bond donors (Lipinski definition) is 1. The molecule has 0 unspecified atom stereocenters. The summed E-state index contributed by atoms with van der Waals surface area (Å²) in [5.74, 6) is -0.132. The van der Waals surface area contributed by atoms with E-state index in [1.54, 1.807) is 6.92 Å². The van der Waals surface area contributed by atoms with Gasteiger partial charge in [0.2, 0.25) is 5.91 Å². The van der Waals surface area contributed by atoms with Crippen molar-refractivity contribution in [3.05, 3.63) is 40.3 Å². The average Bonchev–Trinajstić information content (AvgIpc) is 2.88.